The van der Waals surface area contributed by atoms with E-state index in [4.69, 9.17) is 9.84 Å². The fourth-order valence-corrected chi connectivity index (χ4v) is 1.63. The number of carbonyl (C=O) groups is 2. The summed E-state index contributed by atoms with van der Waals surface area (Å²) in [6, 6.07) is 0. The van der Waals surface area contributed by atoms with Crippen molar-refractivity contribution in [1.29, 1.82) is 0 Å². The molecule has 1 saturated heterocycles. The van der Waals surface area contributed by atoms with Crippen LogP contribution in [0.3, 0.4) is 0 Å². The quantitative estimate of drug-likeness (QED) is 0.737. The van der Waals surface area contributed by atoms with Gasteiger partial charge in [0.2, 0.25) is 0 Å². The van der Waals surface area contributed by atoms with E-state index in [1.54, 1.807) is 11.8 Å². The molecule has 5 heteroatoms. The summed E-state index contributed by atoms with van der Waals surface area (Å²) in [7, 11) is 0. The SMILES string of the molecule is CCOC(=O)N1CCC(CC(=O)O)C1. The molecule has 0 bridgehead atoms. The molecule has 1 atom stereocenters. The summed E-state index contributed by atoms with van der Waals surface area (Å²) in [6.07, 6.45) is 0.557. The molecule has 0 aromatic carbocycles. The molecule has 1 aliphatic rings. The minimum atomic E-state index is -0.805. The average Bonchev–Trinajstić information content (AvgIpc) is 2.52. The topological polar surface area (TPSA) is 66.8 Å². The summed E-state index contributed by atoms with van der Waals surface area (Å²) in [5.74, 6) is -0.724. The first-order chi connectivity index (χ1) is 6.63. The molecule has 0 saturated carbocycles. The first kappa shape index (κ1) is 10.8. The molecule has 5 nitrogen and oxygen atoms in total. The number of carboxylic acid groups (broad SMARTS) is 1. The molecule has 0 spiro atoms. The Kier molecular flexibility index (Phi) is 3.73. The third kappa shape index (κ3) is 2.90. The summed E-state index contributed by atoms with van der Waals surface area (Å²) in [6.45, 7) is 3.23. The van der Waals surface area contributed by atoms with Crippen LogP contribution < -0.4 is 0 Å². The van der Waals surface area contributed by atoms with Crippen molar-refractivity contribution in [1.82, 2.24) is 4.90 Å². The molecule has 0 aromatic heterocycles. The van der Waals surface area contributed by atoms with Crippen LogP contribution in [0, 0.1) is 5.92 Å². The molecule has 1 fully saturated rings. The third-order valence-corrected chi connectivity index (χ3v) is 2.28. The predicted octanol–water partition coefficient (Wildman–Crippen LogP) is 0.940. The Labute approximate surface area is 82.6 Å². The van der Waals surface area contributed by atoms with Crippen molar-refractivity contribution in [3.05, 3.63) is 0 Å². The molecular weight excluding hydrogens is 186 g/mol. The molecule has 1 aliphatic heterocycles. The zero-order valence-corrected chi connectivity index (χ0v) is 8.23. The summed E-state index contributed by atoms with van der Waals surface area (Å²) in [4.78, 5) is 23.2. The van der Waals surface area contributed by atoms with Crippen LogP contribution in [0.5, 0.6) is 0 Å². The van der Waals surface area contributed by atoms with E-state index >= 15 is 0 Å². The van der Waals surface area contributed by atoms with Crippen molar-refractivity contribution < 1.29 is 19.4 Å². The maximum Gasteiger partial charge on any atom is 0.409 e. The van der Waals surface area contributed by atoms with Gasteiger partial charge >= 0.3 is 12.1 Å². The number of amides is 1. The van der Waals surface area contributed by atoms with Crippen LogP contribution in [0.15, 0.2) is 0 Å². The van der Waals surface area contributed by atoms with Crippen LogP contribution in [0.1, 0.15) is 19.8 Å². The Morgan fingerprint density at radius 3 is 2.86 bits per heavy atom. The highest BCUT2D eigenvalue weighted by Crippen LogP contribution is 2.19. The summed E-state index contributed by atoms with van der Waals surface area (Å²) >= 11 is 0. The van der Waals surface area contributed by atoms with Gasteiger partial charge in [0.25, 0.3) is 0 Å². The lowest BCUT2D eigenvalue weighted by molar-refractivity contribution is -0.138. The molecule has 1 heterocycles. The fourth-order valence-electron chi connectivity index (χ4n) is 1.63. The number of carbonyl (C=O) groups excluding carboxylic acids is 1. The third-order valence-electron chi connectivity index (χ3n) is 2.28. The molecule has 0 aliphatic carbocycles. The first-order valence-corrected chi connectivity index (χ1v) is 4.77. The molecule has 0 radical (unpaired) electrons. The Morgan fingerprint density at radius 1 is 1.57 bits per heavy atom. The fraction of sp³-hybridized carbons (Fsp3) is 0.778. The summed E-state index contributed by atoms with van der Waals surface area (Å²) < 4.78 is 4.82. The van der Waals surface area contributed by atoms with Crippen molar-refractivity contribution in [2.24, 2.45) is 5.92 Å². The zero-order valence-electron chi connectivity index (χ0n) is 8.23. The predicted molar refractivity (Wildman–Crippen MR) is 49.0 cm³/mol. The Morgan fingerprint density at radius 2 is 2.29 bits per heavy atom. The van der Waals surface area contributed by atoms with E-state index in [-0.39, 0.29) is 18.4 Å². The van der Waals surface area contributed by atoms with E-state index in [9.17, 15) is 9.59 Å². The largest absolute Gasteiger partial charge is 0.481 e. The normalized spacial score (nSPS) is 20.9. The van der Waals surface area contributed by atoms with Gasteiger partial charge in [0.05, 0.1) is 6.61 Å². The number of likely N-dealkylation sites (tertiary alicyclic amines) is 1. The molecule has 80 valence electrons. The van der Waals surface area contributed by atoms with Gasteiger partial charge in [-0.3, -0.25) is 4.79 Å². The lowest BCUT2D eigenvalue weighted by atomic mass is 10.1. The van der Waals surface area contributed by atoms with Gasteiger partial charge in [0, 0.05) is 19.5 Å². The van der Waals surface area contributed by atoms with Crippen molar-refractivity contribution in [2.75, 3.05) is 19.7 Å². The van der Waals surface area contributed by atoms with Gasteiger partial charge in [-0.1, -0.05) is 0 Å². The molecule has 1 amide bonds. The number of aliphatic carboxylic acids is 1. The molecule has 14 heavy (non-hydrogen) atoms. The van der Waals surface area contributed by atoms with Gasteiger partial charge in [0.15, 0.2) is 0 Å². The zero-order chi connectivity index (χ0) is 10.6. The van der Waals surface area contributed by atoms with E-state index < -0.39 is 5.97 Å². The van der Waals surface area contributed by atoms with Gasteiger partial charge in [-0.05, 0) is 19.3 Å². The number of hydrogen-bond acceptors (Lipinski definition) is 3. The number of ether oxygens (including phenoxy) is 1. The minimum Gasteiger partial charge on any atom is -0.481 e. The summed E-state index contributed by atoms with van der Waals surface area (Å²) in [5, 5.41) is 8.57. The maximum atomic E-state index is 11.2. The van der Waals surface area contributed by atoms with Gasteiger partial charge in [-0.25, -0.2) is 4.79 Å². The molecule has 0 aromatic rings. The lowest BCUT2D eigenvalue weighted by Crippen LogP contribution is -2.29. The average molecular weight is 201 g/mol. The van der Waals surface area contributed by atoms with E-state index in [0.29, 0.717) is 19.7 Å². The second kappa shape index (κ2) is 4.83. The molecular formula is C9H15NO4. The van der Waals surface area contributed by atoms with Crippen LogP contribution in [-0.2, 0) is 9.53 Å². The van der Waals surface area contributed by atoms with Crippen molar-refractivity contribution in [2.45, 2.75) is 19.8 Å². The Hall–Kier alpha value is -1.26. The highest BCUT2D eigenvalue weighted by Gasteiger charge is 2.28. The lowest BCUT2D eigenvalue weighted by Gasteiger charge is -2.14. The second-order valence-electron chi connectivity index (χ2n) is 3.40. The number of hydrogen-bond donors (Lipinski definition) is 1. The van der Waals surface area contributed by atoms with E-state index in [2.05, 4.69) is 0 Å². The van der Waals surface area contributed by atoms with E-state index in [1.165, 1.54) is 0 Å². The van der Waals surface area contributed by atoms with Gasteiger partial charge < -0.3 is 14.7 Å². The van der Waals surface area contributed by atoms with Crippen LogP contribution in [-0.4, -0.2) is 41.8 Å². The molecule has 1 N–H and O–H groups in total. The number of nitrogens with zero attached hydrogens (tertiary/aromatic N) is 1. The van der Waals surface area contributed by atoms with Crippen LogP contribution in [0.25, 0.3) is 0 Å². The van der Waals surface area contributed by atoms with E-state index in [1.807, 2.05) is 0 Å². The van der Waals surface area contributed by atoms with Crippen molar-refractivity contribution >= 4 is 12.1 Å². The van der Waals surface area contributed by atoms with Crippen molar-refractivity contribution in [3.63, 3.8) is 0 Å². The minimum absolute atomic E-state index is 0.0805. The Bertz CT molecular complexity index is 229. The van der Waals surface area contributed by atoms with Gasteiger partial charge in [0.1, 0.15) is 0 Å². The number of rotatable bonds is 3. The monoisotopic (exact) mass is 201 g/mol. The summed E-state index contributed by atoms with van der Waals surface area (Å²) in [5.41, 5.74) is 0. The maximum absolute atomic E-state index is 11.2. The molecule has 1 unspecified atom stereocenters. The first-order valence-electron chi connectivity index (χ1n) is 4.77. The number of carboxylic acids is 1. The van der Waals surface area contributed by atoms with Crippen LogP contribution >= 0.6 is 0 Å². The van der Waals surface area contributed by atoms with Gasteiger partial charge in [-0.2, -0.15) is 0 Å². The standard InChI is InChI=1S/C9H15NO4/c1-2-14-9(13)10-4-3-7(6-10)5-8(11)12/h7H,2-6H2,1H3,(H,11,12). The second-order valence-corrected chi connectivity index (χ2v) is 3.40. The van der Waals surface area contributed by atoms with Gasteiger partial charge in [-0.15, -0.1) is 0 Å². The van der Waals surface area contributed by atoms with E-state index in [0.717, 1.165) is 6.42 Å². The smallest absolute Gasteiger partial charge is 0.409 e. The van der Waals surface area contributed by atoms with Crippen LogP contribution in [0.4, 0.5) is 4.79 Å². The molecule has 1 rings (SSSR count). The Balaban J connectivity index is 2.33. The highest BCUT2D eigenvalue weighted by atomic mass is 16.6. The highest BCUT2D eigenvalue weighted by molar-refractivity contribution is 5.69. The van der Waals surface area contributed by atoms with Crippen LogP contribution in [0.2, 0.25) is 0 Å². The van der Waals surface area contributed by atoms with Crippen molar-refractivity contribution in [3.8, 4) is 0 Å².